The number of nitrogens with zero attached hydrogens (tertiary/aromatic N) is 1. The molecular formula is C18H21FN2O. The van der Waals surface area contributed by atoms with Crippen molar-refractivity contribution in [2.45, 2.75) is 26.4 Å². The molecule has 0 radical (unpaired) electrons. The van der Waals surface area contributed by atoms with Gasteiger partial charge in [-0.2, -0.15) is 0 Å². The molecule has 1 atom stereocenters. The van der Waals surface area contributed by atoms with Gasteiger partial charge >= 0.3 is 0 Å². The molecule has 4 heteroatoms. The number of aryl methyl sites for hydroxylation is 1. The van der Waals surface area contributed by atoms with Crippen LogP contribution in [0.1, 0.15) is 18.1 Å². The van der Waals surface area contributed by atoms with Crippen molar-refractivity contribution < 1.29 is 9.18 Å². The van der Waals surface area contributed by atoms with Crippen LogP contribution in [0.2, 0.25) is 0 Å². The number of benzene rings is 2. The Bertz CT molecular complexity index is 623. The van der Waals surface area contributed by atoms with E-state index in [0.29, 0.717) is 12.2 Å². The van der Waals surface area contributed by atoms with Gasteiger partial charge in [0.05, 0.1) is 6.04 Å². The van der Waals surface area contributed by atoms with Gasteiger partial charge in [0, 0.05) is 12.2 Å². The van der Waals surface area contributed by atoms with Crippen molar-refractivity contribution in [3.63, 3.8) is 0 Å². The largest absolute Gasteiger partial charge is 0.325 e. The molecule has 0 aromatic heterocycles. The lowest BCUT2D eigenvalue weighted by atomic mass is 10.1. The number of halogens is 1. The summed E-state index contributed by atoms with van der Waals surface area (Å²) >= 11 is 0. The number of amides is 1. The first-order valence-electron chi connectivity index (χ1n) is 7.28. The zero-order valence-electron chi connectivity index (χ0n) is 13.1. The number of carbonyl (C=O) groups is 1. The van der Waals surface area contributed by atoms with Gasteiger partial charge in [-0.1, -0.05) is 29.8 Å². The smallest absolute Gasteiger partial charge is 0.241 e. The summed E-state index contributed by atoms with van der Waals surface area (Å²) in [5, 5.41) is 2.80. The molecule has 0 aliphatic rings. The van der Waals surface area contributed by atoms with E-state index in [1.54, 1.807) is 12.1 Å². The van der Waals surface area contributed by atoms with Crippen molar-refractivity contribution in [1.82, 2.24) is 4.90 Å². The monoisotopic (exact) mass is 300 g/mol. The average molecular weight is 300 g/mol. The zero-order chi connectivity index (χ0) is 16.1. The highest BCUT2D eigenvalue weighted by atomic mass is 19.1. The van der Waals surface area contributed by atoms with Crippen molar-refractivity contribution in [2.24, 2.45) is 0 Å². The predicted octanol–water partition coefficient (Wildman–Crippen LogP) is 3.59. The van der Waals surface area contributed by atoms with Crippen molar-refractivity contribution in [1.29, 1.82) is 0 Å². The molecule has 1 N–H and O–H groups in total. The highest BCUT2D eigenvalue weighted by Crippen LogP contribution is 2.12. The summed E-state index contributed by atoms with van der Waals surface area (Å²) in [6.45, 7) is 4.59. The lowest BCUT2D eigenvalue weighted by Crippen LogP contribution is -2.39. The van der Waals surface area contributed by atoms with Gasteiger partial charge in [-0.3, -0.25) is 9.69 Å². The minimum Gasteiger partial charge on any atom is -0.325 e. The summed E-state index contributed by atoms with van der Waals surface area (Å²) in [6, 6.07) is 13.7. The van der Waals surface area contributed by atoms with Gasteiger partial charge in [0.1, 0.15) is 5.82 Å². The van der Waals surface area contributed by atoms with Gasteiger partial charge in [-0.05, 0) is 50.7 Å². The molecule has 22 heavy (non-hydrogen) atoms. The van der Waals surface area contributed by atoms with Gasteiger partial charge in [0.15, 0.2) is 0 Å². The fourth-order valence-corrected chi connectivity index (χ4v) is 2.10. The van der Waals surface area contributed by atoms with Crippen molar-refractivity contribution in [2.75, 3.05) is 12.4 Å². The average Bonchev–Trinajstić information content (AvgIpc) is 2.51. The highest BCUT2D eigenvalue weighted by molar-refractivity contribution is 5.94. The fourth-order valence-electron chi connectivity index (χ4n) is 2.10. The fraction of sp³-hybridized carbons (Fsp3) is 0.278. The third kappa shape index (κ3) is 4.40. The van der Waals surface area contributed by atoms with E-state index in [1.807, 2.05) is 25.8 Å². The Morgan fingerprint density at radius 1 is 1.14 bits per heavy atom. The van der Waals surface area contributed by atoms with Crippen molar-refractivity contribution in [3.05, 3.63) is 65.5 Å². The van der Waals surface area contributed by atoms with Gasteiger partial charge < -0.3 is 5.32 Å². The number of anilines is 1. The third-order valence-corrected chi connectivity index (χ3v) is 3.70. The number of likely N-dealkylation sites (N-methyl/N-ethyl adjacent to an activating group) is 1. The molecule has 0 fully saturated rings. The summed E-state index contributed by atoms with van der Waals surface area (Å²) in [5.41, 5.74) is 2.98. The van der Waals surface area contributed by atoms with E-state index in [0.717, 1.165) is 5.56 Å². The van der Waals surface area contributed by atoms with Crippen LogP contribution in [0, 0.1) is 12.7 Å². The number of rotatable bonds is 5. The van der Waals surface area contributed by atoms with Gasteiger partial charge in [0.25, 0.3) is 0 Å². The maximum Gasteiger partial charge on any atom is 0.241 e. The van der Waals surface area contributed by atoms with Crippen LogP contribution in [0.3, 0.4) is 0 Å². The molecule has 2 rings (SSSR count). The molecule has 2 aromatic rings. The first-order chi connectivity index (χ1) is 10.5. The Kier molecular flexibility index (Phi) is 5.28. The molecule has 0 aliphatic carbocycles. The Labute approximate surface area is 130 Å². The van der Waals surface area contributed by atoms with Crippen molar-refractivity contribution >= 4 is 11.6 Å². The molecule has 0 unspecified atom stereocenters. The zero-order valence-corrected chi connectivity index (χ0v) is 13.1. The lowest BCUT2D eigenvalue weighted by molar-refractivity contribution is -0.120. The first kappa shape index (κ1) is 16.2. The molecule has 0 saturated carbocycles. The second-order valence-corrected chi connectivity index (χ2v) is 5.57. The second-order valence-electron chi connectivity index (χ2n) is 5.57. The van der Waals surface area contributed by atoms with E-state index in [1.165, 1.54) is 17.7 Å². The summed E-state index contributed by atoms with van der Waals surface area (Å²) in [5.74, 6) is -0.427. The summed E-state index contributed by atoms with van der Waals surface area (Å²) in [4.78, 5) is 14.2. The molecule has 116 valence electrons. The van der Waals surface area contributed by atoms with Crippen LogP contribution < -0.4 is 5.32 Å². The Morgan fingerprint density at radius 2 is 1.73 bits per heavy atom. The van der Waals surface area contributed by atoms with Gasteiger partial charge in [-0.25, -0.2) is 4.39 Å². The normalized spacial score (nSPS) is 12.2. The Morgan fingerprint density at radius 3 is 2.32 bits per heavy atom. The second kappa shape index (κ2) is 7.18. The molecule has 0 bridgehead atoms. The highest BCUT2D eigenvalue weighted by Gasteiger charge is 2.18. The van der Waals surface area contributed by atoms with Crippen LogP contribution in [-0.2, 0) is 11.3 Å². The molecular weight excluding hydrogens is 279 g/mol. The number of nitrogens with one attached hydrogen (secondary N) is 1. The number of hydrogen-bond acceptors (Lipinski definition) is 2. The molecule has 2 aromatic carbocycles. The molecule has 3 nitrogen and oxygen atoms in total. The van der Waals surface area contributed by atoms with E-state index in [4.69, 9.17) is 0 Å². The minimum absolute atomic E-state index is 0.110. The number of hydrogen-bond donors (Lipinski definition) is 1. The molecule has 0 saturated heterocycles. The summed E-state index contributed by atoms with van der Waals surface area (Å²) in [7, 11) is 1.91. The van der Waals surface area contributed by atoms with E-state index >= 15 is 0 Å². The SMILES string of the molecule is Cc1ccc(CN(C)[C@H](C)C(=O)Nc2ccc(F)cc2)cc1. The van der Waals surface area contributed by atoms with Gasteiger partial charge in [-0.15, -0.1) is 0 Å². The van der Waals surface area contributed by atoms with E-state index in [2.05, 4.69) is 29.6 Å². The summed E-state index contributed by atoms with van der Waals surface area (Å²) in [6.07, 6.45) is 0. The Balaban J connectivity index is 1.94. The van der Waals surface area contributed by atoms with Crippen LogP contribution >= 0.6 is 0 Å². The van der Waals surface area contributed by atoms with Crippen LogP contribution in [-0.4, -0.2) is 23.9 Å². The van der Waals surface area contributed by atoms with Crippen molar-refractivity contribution in [3.8, 4) is 0 Å². The third-order valence-electron chi connectivity index (χ3n) is 3.70. The van der Waals surface area contributed by atoms with Crippen LogP contribution in [0.15, 0.2) is 48.5 Å². The predicted molar refractivity (Wildman–Crippen MR) is 87.1 cm³/mol. The van der Waals surface area contributed by atoms with E-state index in [-0.39, 0.29) is 17.8 Å². The van der Waals surface area contributed by atoms with E-state index in [9.17, 15) is 9.18 Å². The standard InChI is InChI=1S/C18H21FN2O/c1-13-4-6-15(7-5-13)12-21(3)14(2)18(22)20-17-10-8-16(19)9-11-17/h4-11,14H,12H2,1-3H3,(H,20,22)/t14-/m1/s1. The first-order valence-corrected chi connectivity index (χ1v) is 7.28. The maximum atomic E-state index is 12.9. The maximum absolute atomic E-state index is 12.9. The Hall–Kier alpha value is -2.20. The molecule has 0 aliphatic heterocycles. The lowest BCUT2D eigenvalue weighted by Gasteiger charge is -2.24. The number of carbonyl (C=O) groups excluding carboxylic acids is 1. The molecule has 0 spiro atoms. The van der Waals surface area contributed by atoms with Gasteiger partial charge in [0.2, 0.25) is 5.91 Å². The summed E-state index contributed by atoms with van der Waals surface area (Å²) < 4.78 is 12.9. The van der Waals surface area contributed by atoms with Crippen LogP contribution in [0.5, 0.6) is 0 Å². The minimum atomic E-state index is -0.317. The van der Waals surface area contributed by atoms with E-state index < -0.39 is 0 Å². The quantitative estimate of drug-likeness (QED) is 0.915. The van der Waals surface area contributed by atoms with Crippen LogP contribution in [0.25, 0.3) is 0 Å². The molecule has 0 heterocycles. The molecule has 1 amide bonds. The topological polar surface area (TPSA) is 32.3 Å². The van der Waals surface area contributed by atoms with Crippen LogP contribution in [0.4, 0.5) is 10.1 Å².